The summed E-state index contributed by atoms with van der Waals surface area (Å²) in [5.74, 6) is -0.437. The summed E-state index contributed by atoms with van der Waals surface area (Å²) in [7, 11) is 0. The lowest BCUT2D eigenvalue weighted by atomic mass is 10.2. The Kier molecular flexibility index (Phi) is 4.10. The Morgan fingerprint density at radius 1 is 1.40 bits per heavy atom. The van der Waals surface area contributed by atoms with Gasteiger partial charge < -0.3 is 14.8 Å². The van der Waals surface area contributed by atoms with Crippen molar-refractivity contribution in [3.63, 3.8) is 0 Å². The molecule has 1 aliphatic heterocycles. The van der Waals surface area contributed by atoms with Crippen molar-refractivity contribution in [3.8, 4) is 0 Å². The molecule has 108 valence electrons. The SMILES string of the molecule is O=C(NC[C@@H]1COC2(CCCC2)O1)c1cccc(Br)c1. The lowest BCUT2D eigenvalue weighted by Crippen LogP contribution is -2.35. The van der Waals surface area contributed by atoms with Crippen LogP contribution in [-0.4, -0.2) is 30.9 Å². The molecule has 1 spiro atoms. The number of carbonyl (C=O) groups is 1. The van der Waals surface area contributed by atoms with E-state index in [9.17, 15) is 4.79 Å². The predicted octanol–water partition coefficient (Wildman–Crippen LogP) is 2.86. The maximum atomic E-state index is 12.0. The Balaban J connectivity index is 1.51. The Morgan fingerprint density at radius 3 is 2.95 bits per heavy atom. The second-order valence-electron chi connectivity index (χ2n) is 5.39. The van der Waals surface area contributed by atoms with Crippen LogP contribution in [0.5, 0.6) is 0 Å². The van der Waals surface area contributed by atoms with E-state index >= 15 is 0 Å². The molecule has 1 aromatic rings. The topological polar surface area (TPSA) is 47.6 Å². The molecule has 1 aromatic carbocycles. The van der Waals surface area contributed by atoms with E-state index in [0.717, 1.165) is 30.2 Å². The van der Waals surface area contributed by atoms with Crippen molar-refractivity contribution in [2.45, 2.75) is 37.6 Å². The smallest absolute Gasteiger partial charge is 0.251 e. The molecule has 1 heterocycles. The van der Waals surface area contributed by atoms with Crippen molar-refractivity contribution in [2.75, 3.05) is 13.2 Å². The number of carbonyl (C=O) groups excluding carboxylic acids is 1. The van der Waals surface area contributed by atoms with Crippen LogP contribution in [-0.2, 0) is 9.47 Å². The first-order valence-electron chi connectivity index (χ1n) is 7.02. The molecule has 0 bridgehead atoms. The van der Waals surface area contributed by atoms with Crippen LogP contribution in [0, 0.1) is 0 Å². The highest BCUT2D eigenvalue weighted by Gasteiger charge is 2.43. The summed E-state index contributed by atoms with van der Waals surface area (Å²) in [4.78, 5) is 12.0. The molecular formula is C15H18BrNO3. The van der Waals surface area contributed by atoms with Gasteiger partial charge in [0.15, 0.2) is 5.79 Å². The molecule has 3 rings (SSSR count). The molecule has 2 fully saturated rings. The standard InChI is InChI=1S/C15H18BrNO3/c16-12-5-3-4-11(8-12)14(18)17-9-13-10-19-15(20-13)6-1-2-7-15/h3-5,8,13H,1-2,6-7,9-10H2,(H,17,18)/t13-/m1/s1. The van der Waals surface area contributed by atoms with E-state index in [1.165, 1.54) is 0 Å². The number of hydrogen-bond acceptors (Lipinski definition) is 3. The predicted molar refractivity (Wildman–Crippen MR) is 78.5 cm³/mol. The molecule has 0 unspecified atom stereocenters. The Morgan fingerprint density at radius 2 is 2.20 bits per heavy atom. The highest BCUT2D eigenvalue weighted by Crippen LogP contribution is 2.38. The maximum absolute atomic E-state index is 12.0. The van der Waals surface area contributed by atoms with E-state index in [1.807, 2.05) is 12.1 Å². The minimum atomic E-state index is -0.356. The van der Waals surface area contributed by atoms with Gasteiger partial charge in [0, 0.05) is 29.4 Å². The number of rotatable bonds is 3. The minimum absolute atomic E-state index is 0.0378. The summed E-state index contributed by atoms with van der Waals surface area (Å²) in [6.07, 6.45) is 4.24. The molecule has 1 N–H and O–H groups in total. The third kappa shape index (κ3) is 3.05. The van der Waals surface area contributed by atoms with Crippen LogP contribution < -0.4 is 5.32 Å². The van der Waals surface area contributed by atoms with Gasteiger partial charge in [-0.3, -0.25) is 4.79 Å². The number of halogens is 1. The molecule has 1 atom stereocenters. The minimum Gasteiger partial charge on any atom is -0.349 e. The maximum Gasteiger partial charge on any atom is 0.251 e. The van der Waals surface area contributed by atoms with Crippen LogP contribution in [0.4, 0.5) is 0 Å². The second-order valence-corrected chi connectivity index (χ2v) is 6.30. The van der Waals surface area contributed by atoms with Gasteiger partial charge in [-0.2, -0.15) is 0 Å². The molecule has 2 aliphatic rings. The Hall–Kier alpha value is -0.910. The van der Waals surface area contributed by atoms with Gasteiger partial charge in [-0.1, -0.05) is 22.0 Å². The van der Waals surface area contributed by atoms with E-state index in [0.29, 0.717) is 18.7 Å². The second kappa shape index (κ2) is 5.84. The summed E-state index contributed by atoms with van der Waals surface area (Å²) < 4.78 is 12.7. The van der Waals surface area contributed by atoms with Gasteiger partial charge in [-0.15, -0.1) is 0 Å². The number of hydrogen-bond donors (Lipinski definition) is 1. The zero-order chi connectivity index (χ0) is 14.0. The normalized spacial score (nSPS) is 24.1. The van der Waals surface area contributed by atoms with Crippen molar-refractivity contribution in [3.05, 3.63) is 34.3 Å². The van der Waals surface area contributed by atoms with Crippen molar-refractivity contribution < 1.29 is 14.3 Å². The first-order chi connectivity index (χ1) is 9.67. The van der Waals surface area contributed by atoms with Gasteiger partial charge in [0.25, 0.3) is 5.91 Å². The van der Waals surface area contributed by atoms with E-state index in [-0.39, 0.29) is 17.8 Å². The van der Waals surface area contributed by atoms with Gasteiger partial charge in [0.2, 0.25) is 0 Å². The van der Waals surface area contributed by atoms with Gasteiger partial charge in [-0.05, 0) is 31.0 Å². The van der Waals surface area contributed by atoms with Crippen molar-refractivity contribution in [1.29, 1.82) is 0 Å². The van der Waals surface area contributed by atoms with Crippen molar-refractivity contribution in [2.24, 2.45) is 0 Å². The van der Waals surface area contributed by atoms with Crippen LogP contribution in [0.2, 0.25) is 0 Å². The monoisotopic (exact) mass is 339 g/mol. The lowest BCUT2D eigenvalue weighted by Gasteiger charge is -2.21. The average molecular weight is 340 g/mol. The summed E-state index contributed by atoms with van der Waals surface area (Å²) >= 11 is 3.36. The van der Waals surface area contributed by atoms with E-state index in [2.05, 4.69) is 21.2 Å². The van der Waals surface area contributed by atoms with Gasteiger partial charge in [0.1, 0.15) is 6.10 Å². The molecule has 20 heavy (non-hydrogen) atoms. The van der Waals surface area contributed by atoms with Crippen LogP contribution >= 0.6 is 15.9 Å². The number of ether oxygens (including phenoxy) is 2. The fourth-order valence-corrected chi connectivity index (χ4v) is 3.23. The van der Waals surface area contributed by atoms with Crippen LogP contribution in [0.1, 0.15) is 36.0 Å². The number of amides is 1. The number of benzene rings is 1. The molecule has 0 radical (unpaired) electrons. The highest BCUT2D eigenvalue weighted by molar-refractivity contribution is 9.10. The molecule has 1 aliphatic carbocycles. The average Bonchev–Trinajstić information content (AvgIpc) is 3.07. The van der Waals surface area contributed by atoms with E-state index in [1.54, 1.807) is 12.1 Å². The first-order valence-corrected chi connectivity index (χ1v) is 7.82. The molecule has 1 amide bonds. The summed E-state index contributed by atoms with van der Waals surface area (Å²) in [5.41, 5.74) is 0.647. The van der Waals surface area contributed by atoms with Gasteiger partial charge in [0.05, 0.1) is 6.61 Å². The fourth-order valence-electron chi connectivity index (χ4n) is 2.83. The summed E-state index contributed by atoms with van der Waals surface area (Å²) in [6, 6.07) is 7.35. The highest BCUT2D eigenvalue weighted by atomic mass is 79.9. The summed E-state index contributed by atoms with van der Waals surface area (Å²) in [6.45, 7) is 1.06. The van der Waals surface area contributed by atoms with Gasteiger partial charge >= 0.3 is 0 Å². The first kappa shape index (κ1) is 14.0. The largest absolute Gasteiger partial charge is 0.349 e. The Bertz CT molecular complexity index is 500. The van der Waals surface area contributed by atoms with Crippen molar-refractivity contribution in [1.82, 2.24) is 5.32 Å². The quantitative estimate of drug-likeness (QED) is 0.921. The zero-order valence-corrected chi connectivity index (χ0v) is 12.8. The van der Waals surface area contributed by atoms with E-state index < -0.39 is 0 Å². The molecule has 0 aromatic heterocycles. The van der Waals surface area contributed by atoms with Gasteiger partial charge in [-0.25, -0.2) is 0 Å². The zero-order valence-electron chi connectivity index (χ0n) is 11.2. The molecule has 4 nitrogen and oxygen atoms in total. The van der Waals surface area contributed by atoms with Crippen LogP contribution in [0.25, 0.3) is 0 Å². The molecule has 1 saturated heterocycles. The third-order valence-electron chi connectivity index (χ3n) is 3.86. The van der Waals surface area contributed by atoms with Crippen molar-refractivity contribution >= 4 is 21.8 Å². The summed E-state index contributed by atoms with van der Waals surface area (Å²) in [5, 5.41) is 2.91. The molecule has 1 saturated carbocycles. The third-order valence-corrected chi connectivity index (χ3v) is 4.35. The molecular weight excluding hydrogens is 322 g/mol. The fraction of sp³-hybridized carbons (Fsp3) is 0.533. The van der Waals surface area contributed by atoms with Crippen LogP contribution in [0.15, 0.2) is 28.7 Å². The molecule has 5 heteroatoms. The van der Waals surface area contributed by atoms with E-state index in [4.69, 9.17) is 9.47 Å². The Labute approximate surface area is 127 Å². The lowest BCUT2D eigenvalue weighted by molar-refractivity contribution is -0.161. The number of nitrogens with one attached hydrogen (secondary N) is 1. The van der Waals surface area contributed by atoms with Crippen LogP contribution in [0.3, 0.4) is 0 Å².